The van der Waals surface area contributed by atoms with Crippen LogP contribution < -0.4 is 0 Å². The highest BCUT2D eigenvalue weighted by molar-refractivity contribution is 4.70. The smallest absolute Gasteiger partial charge is 0.0530 e. The maximum atomic E-state index is 2.72. The van der Waals surface area contributed by atoms with Gasteiger partial charge in [0.15, 0.2) is 0 Å². The summed E-state index contributed by atoms with van der Waals surface area (Å²) in [5.74, 6) is 0. The predicted molar refractivity (Wildman–Crippen MR) is 134 cm³/mol. The first-order chi connectivity index (χ1) is 14.7. The van der Waals surface area contributed by atoms with Crippen LogP contribution in [0.4, 0.5) is 0 Å². The standard InChI is InChI=1S/C26H56N4/c1-5-7-9-11-13-14-16-18-22-29-24-28(21-17-15-12-10-8-6-2)25-30(26-29)23-19-20-27(3)4/h5-26H2,1-4H3. The molecule has 30 heavy (non-hydrogen) atoms. The van der Waals surface area contributed by atoms with E-state index >= 15 is 0 Å². The van der Waals surface area contributed by atoms with Crippen molar-refractivity contribution in [1.29, 1.82) is 0 Å². The van der Waals surface area contributed by atoms with E-state index < -0.39 is 0 Å². The SMILES string of the molecule is CCCCCCCCCCN1CN(CCCCCCCC)CN(CCCN(C)C)C1. The second-order valence-corrected chi connectivity index (χ2v) is 10.0. The molecule has 0 aromatic carbocycles. The third-order valence-corrected chi connectivity index (χ3v) is 6.44. The first-order valence-corrected chi connectivity index (χ1v) is 13.5. The van der Waals surface area contributed by atoms with Gasteiger partial charge in [-0.25, -0.2) is 0 Å². The van der Waals surface area contributed by atoms with Crippen LogP contribution in [0.3, 0.4) is 0 Å². The molecule has 0 aliphatic carbocycles. The third-order valence-electron chi connectivity index (χ3n) is 6.44. The molecule has 0 unspecified atom stereocenters. The number of nitrogens with zero attached hydrogens (tertiary/aromatic N) is 4. The lowest BCUT2D eigenvalue weighted by molar-refractivity contribution is -0.0314. The third kappa shape index (κ3) is 15.6. The largest absolute Gasteiger partial charge is 0.309 e. The van der Waals surface area contributed by atoms with Crippen LogP contribution >= 0.6 is 0 Å². The molecule has 1 aliphatic rings. The van der Waals surface area contributed by atoms with Crippen molar-refractivity contribution in [1.82, 2.24) is 19.6 Å². The summed E-state index contributed by atoms with van der Waals surface area (Å²) in [5, 5.41) is 0. The Labute approximate surface area is 190 Å². The highest BCUT2D eigenvalue weighted by Crippen LogP contribution is 2.14. The molecule has 1 aliphatic heterocycles. The van der Waals surface area contributed by atoms with E-state index in [1.165, 1.54) is 142 Å². The van der Waals surface area contributed by atoms with Gasteiger partial charge in [-0.15, -0.1) is 0 Å². The maximum absolute atomic E-state index is 2.72. The molecule has 1 rings (SSSR count). The Morgan fingerprint density at radius 3 is 1.17 bits per heavy atom. The van der Waals surface area contributed by atoms with E-state index in [1.54, 1.807) is 0 Å². The fourth-order valence-corrected chi connectivity index (χ4v) is 4.60. The van der Waals surface area contributed by atoms with Gasteiger partial charge in [0, 0.05) is 19.6 Å². The normalized spacial score (nSPS) is 16.7. The highest BCUT2D eigenvalue weighted by atomic mass is 15.5. The van der Waals surface area contributed by atoms with Gasteiger partial charge in [0.05, 0.1) is 20.0 Å². The van der Waals surface area contributed by atoms with E-state index in [0.717, 1.165) is 0 Å². The molecule has 0 spiro atoms. The monoisotopic (exact) mass is 424 g/mol. The van der Waals surface area contributed by atoms with Gasteiger partial charge in [-0.1, -0.05) is 90.9 Å². The zero-order chi connectivity index (χ0) is 21.9. The molecule has 180 valence electrons. The zero-order valence-electron chi connectivity index (χ0n) is 21.3. The molecular formula is C26H56N4. The quantitative estimate of drug-likeness (QED) is 0.215. The van der Waals surface area contributed by atoms with Crippen molar-refractivity contribution in [2.45, 2.75) is 110 Å². The lowest BCUT2D eigenvalue weighted by atomic mass is 10.1. The second kappa shape index (κ2) is 19.5. The van der Waals surface area contributed by atoms with Crippen molar-refractivity contribution in [2.75, 3.05) is 60.3 Å². The summed E-state index contributed by atoms with van der Waals surface area (Å²) in [5.41, 5.74) is 0. The van der Waals surface area contributed by atoms with Gasteiger partial charge in [0.1, 0.15) is 0 Å². The summed E-state index contributed by atoms with van der Waals surface area (Å²) in [6, 6.07) is 0. The summed E-state index contributed by atoms with van der Waals surface area (Å²) in [4.78, 5) is 10.4. The van der Waals surface area contributed by atoms with E-state index in [0.29, 0.717) is 0 Å². The Bertz CT molecular complexity index is 361. The zero-order valence-corrected chi connectivity index (χ0v) is 21.3. The van der Waals surface area contributed by atoms with Crippen molar-refractivity contribution in [3.05, 3.63) is 0 Å². The van der Waals surface area contributed by atoms with Gasteiger partial charge < -0.3 is 4.90 Å². The summed E-state index contributed by atoms with van der Waals surface area (Å²) in [7, 11) is 4.38. The van der Waals surface area contributed by atoms with Gasteiger partial charge in [-0.3, -0.25) is 14.7 Å². The van der Waals surface area contributed by atoms with E-state index in [4.69, 9.17) is 0 Å². The lowest BCUT2D eigenvalue weighted by Crippen LogP contribution is -2.55. The predicted octanol–water partition coefficient (Wildman–Crippen LogP) is 6.23. The van der Waals surface area contributed by atoms with Crippen LogP contribution in [-0.2, 0) is 0 Å². The molecule has 4 nitrogen and oxygen atoms in total. The number of hydrogen-bond acceptors (Lipinski definition) is 4. The van der Waals surface area contributed by atoms with Crippen molar-refractivity contribution >= 4 is 0 Å². The minimum absolute atomic E-state index is 1.18. The molecule has 1 heterocycles. The van der Waals surface area contributed by atoms with Crippen LogP contribution in [0.2, 0.25) is 0 Å². The molecule has 0 aromatic rings. The van der Waals surface area contributed by atoms with Gasteiger partial charge in [0.25, 0.3) is 0 Å². The Balaban J connectivity index is 2.27. The Hall–Kier alpha value is -0.160. The fraction of sp³-hybridized carbons (Fsp3) is 1.00. The Kier molecular flexibility index (Phi) is 18.1. The molecule has 0 bridgehead atoms. The minimum atomic E-state index is 1.18. The Morgan fingerprint density at radius 1 is 0.467 bits per heavy atom. The van der Waals surface area contributed by atoms with Gasteiger partial charge in [0.2, 0.25) is 0 Å². The molecule has 0 saturated carbocycles. The molecule has 0 aromatic heterocycles. The van der Waals surface area contributed by atoms with E-state index in [1.807, 2.05) is 0 Å². The molecule has 4 heteroatoms. The van der Waals surface area contributed by atoms with Crippen LogP contribution in [0.5, 0.6) is 0 Å². The summed E-state index contributed by atoms with van der Waals surface area (Å²) < 4.78 is 0. The first kappa shape index (κ1) is 27.9. The highest BCUT2D eigenvalue weighted by Gasteiger charge is 2.22. The van der Waals surface area contributed by atoms with Crippen LogP contribution in [0, 0.1) is 0 Å². The van der Waals surface area contributed by atoms with E-state index in [9.17, 15) is 0 Å². The average molecular weight is 425 g/mol. The topological polar surface area (TPSA) is 13.0 Å². The summed E-state index contributed by atoms with van der Waals surface area (Å²) in [6.07, 6.45) is 21.0. The maximum Gasteiger partial charge on any atom is 0.0530 e. The molecule has 0 amide bonds. The fourth-order valence-electron chi connectivity index (χ4n) is 4.60. The van der Waals surface area contributed by atoms with Gasteiger partial charge in [-0.05, 0) is 39.9 Å². The summed E-state index contributed by atoms with van der Waals surface area (Å²) in [6.45, 7) is 13.2. The van der Waals surface area contributed by atoms with Gasteiger partial charge >= 0.3 is 0 Å². The van der Waals surface area contributed by atoms with Crippen molar-refractivity contribution in [3.63, 3.8) is 0 Å². The number of hydrogen-bond donors (Lipinski definition) is 0. The van der Waals surface area contributed by atoms with Crippen LogP contribution in [0.1, 0.15) is 110 Å². The molecule has 1 saturated heterocycles. The van der Waals surface area contributed by atoms with Crippen LogP contribution in [0.25, 0.3) is 0 Å². The molecule has 0 N–H and O–H groups in total. The van der Waals surface area contributed by atoms with Crippen molar-refractivity contribution < 1.29 is 0 Å². The van der Waals surface area contributed by atoms with Gasteiger partial charge in [-0.2, -0.15) is 0 Å². The lowest BCUT2D eigenvalue weighted by Gasteiger charge is -2.42. The molecular weight excluding hydrogens is 368 g/mol. The average Bonchev–Trinajstić information content (AvgIpc) is 2.72. The molecule has 0 atom stereocenters. The molecule has 0 radical (unpaired) electrons. The number of unbranched alkanes of at least 4 members (excludes halogenated alkanes) is 12. The van der Waals surface area contributed by atoms with Crippen LogP contribution in [-0.4, -0.2) is 79.9 Å². The van der Waals surface area contributed by atoms with E-state index in [2.05, 4.69) is 47.5 Å². The second-order valence-electron chi connectivity index (χ2n) is 10.0. The molecule has 1 fully saturated rings. The van der Waals surface area contributed by atoms with Crippen molar-refractivity contribution in [2.24, 2.45) is 0 Å². The van der Waals surface area contributed by atoms with Crippen molar-refractivity contribution in [3.8, 4) is 0 Å². The van der Waals surface area contributed by atoms with Crippen LogP contribution in [0.15, 0.2) is 0 Å². The Morgan fingerprint density at radius 2 is 0.800 bits per heavy atom. The summed E-state index contributed by atoms with van der Waals surface area (Å²) >= 11 is 0. The minimum Gasteiger partial charge on any atom is -0.309 e. The number of rotatable bonds is 20. The van der Waals surface area contributed by atoms with E-state index in [-0.39, 0.29) is 0 Å². The first-order valence-electron chi connectivity index (χ1n) is 13.5.